The van der Waals surface area contributed by atoms with Crippen LogP contribution in [0.4, 0.5) is 0 Å². The van der Waals surface area contributed by atoms with Gasteiger partial charge in [0.1, 0.15) is 0 Å². The summed E-state index contributed by atoms with van der Waals surface area (Å²) in [5.41, 5.74) is 3.04. The number of hydrogen-bond donors (Lipinski definition) is 1. The van der Waals surface area contributed by atoms with Gasteiger partial charge in [0.05, 0.1) is 11.5 Å². The second-order valence-corrected chi connectivity index (χ2v) is 10.1. The molecular weight excluding hydrogens is 440 g/mol. The molecule has 3 amide bonds. The summed E-state index contributed by atoms with van der Waals surface area (Å²) in [6, 6.07) is 11.5. The third kappa shape index (κ3) is 5.09. The van der Waals surface area contributed by atoms with Gasteiger partial charge in [-0.15, -0.1) is 0 Å². The van der Waals surface area contributed by atoms with Gasteiger partial charge in [-0.25, -0.2) is 0 Å². The number of benzene rings is 1. The van der Waals surface area contributed by atoms with Crippen LogP contribution in [0.3, 0.4) is 0 Å². The first-order valence-corrected chi connectivity index (χ1v) is 13.0. The SMILES string of the molecule is O=C1NCCCCCCN(C(=O)c2cccnc2)[C@H]2C[C@H](C(=O)N3CCc4ccccc4C3)C[C@@H]12. The fourth-order valence-electron chi connectivity index (χ4n) is 5.96. The van der Waals surface area contributed by atoms with E-state index in [1.54, 1.807) is 24.5 Å². The fraction of sp³-hybridized carbons (Fsp3) is 0.500. The Kier molecular flexibility index (Phi) is 7.11. The van der Waals surface area contributed by atoms with E-state index in [1.165, 1.54) is 11.1 Å². The maximum absolute atomic E-state index is 13.7. The number of amides is 3. The Hall–Kier alpha value is -3.22. The standard InChI is InChI=1S/C28H34N4O3/c33-26-24-16-23(27(34)31-15-11-20-8-3-4-9-22(20)19-31)17-25(24)32(14-6-2-1-5-13-30-26)28(35)21-10-7-12-29-18-21/h3-4,7-10,12,18,23-25H,1-2,5-6,11,13-17,19H2,(H,30,33)/t23-,24-,25+/m1/s1. The van der Waals surface area contributed by atoms with Crippen LogP contribution in [-0.2, 0) is 22.6 Å². The molecule has 0 radical (unpaired) electrons. The van der Waals surface area contributed by atoms with E-state index in [0.29, 0.717) is 44.6 Å². The third-order valence-corrected chi connectivity index (χ3v) is 7.85. The first-order chi connectivity index (χ1) is 17.1. The van der Waals surface area contributed by atoms with Crippen LogP contribution < -0.4 is 5.32 Å². The summed E-state index contributed by atoms with van der Waals surface area (Å²) in [6.07, 6.45) is 8.99. The number of hydrogen-bond acceptors (Lipinski definition) is 4. The van der Waals surface area contributed by atoms with Crippen LogP contribution in [0.25, 0.3) is 0 Å². The van der Waals surface area contributed by atoms with E-state index in [-0.39, 0.29) is 35.6 Å². The molecule has 3 atom stereocenters. The Morgan fingerprint density at radius 3 is 2.60 bits per heavy atom. The molecule has 0 unspecified atom stereocenters. The van der Waals surface area contributed by atoms with Crippen molar-refractivity contribution in [3.8, 4) is 0 Å². The Morgan fingerprint density at radius 2 is 1.77 bits per heavy atom. The van der Waals surface area contributed by atoms with Gasteiger partial charge in [0.2, 0.25) is 11.8 Å². The van der Waals surface area contributed by atoms with Crippen LogP contribution in [0.1, 0.15) is 60.0 Å². The van der Waals surface area contributed by atoms with Crippen molar-refractivity contribution in [3.05, 3.63) is 65.5 Å². The van der Waals surface area contributed by atoms with Crippen molar-refractivity contribution < 1.29 is 14.4 Å². The lowest BCUT2D eigenvalue weighted by atomic mass is 9.97. The third-order valence-electron chi connectivity index (χ3n) is 7.85. The predicted octanol–water partition coefficient (Wildman–Crippen LogP) is 3.19. The summed E-state index contributed by atoms with van der Waals surface area (Å²) in [4.78, 5) is 48.4. The molecule has 0 spiro atoms. The van der Waals surface area contributed by atoms with E-state index in [4.69, 9.17) is 0 Å². The lowest BCUT2D eigenvalue weighted by Gasteiger charge is -2.33. The Morgan fingerprint density at radius 1 is 0.943 bits per heavy atom. The molecule has 1 aliphatic carbocycles. The quantitative estimate of drug-likeness (QED) is 0.725. The molecule has 7 heteroatoms. The summed E-state index contributed by atoms with van der Waals surface area (Å²) in [5.74, 6) is -0.645. The maximum atomic E-state index is 13.7. The minimum atomic E-state index is -0.375. The van der Waals surface area contributed by atoms with Crippen LogP contribution in [0.15, 0.2) is 48.8 Å². The molecule has 1 aromatic carbocycles. The number of nitrogens with one attached hydrogen (secondary N) is 1. The maximum Gasteiger partial charge on any atom is 0.255 e. The van der Waals surface area contributed by atoms with Gasteiger partial charge in [0.25, 0.3) is 5.91 Å². The lowest BCUT2D eigenvalue weighted by Crippen LogP contribution is -2.47. The molecule has 2 aromatic rings. The highest BCUT2D eigenvalue weighted by Crippen LogP contribution is 2.38. The van der Waals surface area contributed by atoms with Crippen molar-refractivity contribution >= 4 is 17.7 Å². The van der Waals surface area contributed by atoms with Gasteiger partial charge in [0.15, 0.2) is 0 Å². The van der Waals surface area contributed by atoms with Gasteiger partial charge in [-0.3, -0.25) is 19.4 Å². The second-order valence-electron chi connectivity index (χ2n) is 10.1. The molecule has 1 saturated heterocycles. The summed E-state index contributed by atoms with van der Waals surface area (Å²) < 4.78 is 0. The Bertz CT molecular complexity index is 1070. The van der Waals surface area contributed by atoms with E-state index in [2.05, 4.69) is 22.4 Å². The highest BCUT2D eigenvalue weighted by atomic mass is 16.2. The molecule has 2 fully saturated rings. The van der Waals surface area contributed by atoms with Crippen molar-refractivity contribution in [3.63, 3.8) is 0 Å². The van der Waals surface area contributed by atoms with Crippen molar-refractivity contribution in [2.45, 2.75) is 57.5 Å². The molecule has 5 rings (SSSR count). The first kappa shape index (κ1) is 23.5. The van der Waals surface area contributed by atoms with Crippen molar-refractivity contribution in [2.24, 2.45) is 11.8 Å². The monoisotopic (exact) mass is 474 g/mol. The zero-order chi connectivity index (χ0) is 24.2. The summed E-state index contributed by atoms with van der Waals surface area (Å²) in [5, 5.41) is 3.09. The largest absolute Gasteiger partial charge is 0.356 e. The topological polar surface area (TPSA) is 82.6 Å². The summed E-state index contributed by atoms with van der Waals surface area (Å²) in [7, 11) is 0. The van der Waals surface area contributed by atoms with Crippen LogP contribution >= 0.6 is 0 Å². The van der Waals surface area contributed by atoms with Gasteiger partial charge in [-0.2, -0.15) is 0 Å². The average molecular weight is 475 g/mol. The van der Waals surface area contributed by atoms with E-state index in [1.807, 2.05) is 21.9 Å². The van der Waals surface area contributed by atoms with Gasteiger partial charge in [-0.1, -0.05) is 37.1 Å². The predicted molar refractivity (Wildman–Crippen MR) is 132 cm³/mol. The zero-order valence-electron chi connectivity index (χ0n) is 20.2. The van der Waals surface area contributed by atoms with Crippen LogP contribution in [0, 0.1) is 11.8 Å². The Labute approximate surface area is 206 Å². The zero-order valence-corrected chi connectivity index (χ0v) is 20.2. The van der Waals surface area contributed by atoms with Gasteiger partial charge in [-0.05, 0) is 55.4 Å². The molecule has 7 nitrogen and oxygen atoms in total. The average Bonchev–Trinajstić information content (AvgIpc) is 3.33. The minimum absolute atomic E-state index is 0.0276. The van der Waals surface area contributed by atoms with Gasteiger partial charge >= 0.3 is 0 Å². The van der Waals surface area contributed by atoms with Crippen LogP contribution in [0.2, 0.25) is 0 Å². The number of pyridine rings is 1. The van der Waals surface area contributed by atoms with E-state index in [9.17, 15) is 14.4 Å². The number of rotatable bonds is 2. The molecule has 184 valence electrons. The first-order valence-electron chi connectivity index (χ1n) is 13.0. The number of aromatic nitrogens is 1. The van der Waals surface area contributed by atoms with E-state index in [0.717, 1.165) is 32.1 Å². The van der Waals surface area contributed by atoms with E-state index >= 15 is 0 Å². The van der Waals surface area contributed by atoms with Gasteiger partial charge in [0, 0.05) is 50.5 Å². The smallest absolute Gasteiger partial charge is 0.255 e. The fourth-order valence-corrected chi connectivity index (χ4v) is 5.96. The number of fused-ring (bicyclic) bond motifs is 2. The summed E-state index contributed by atoms with van der Waals surface area (Å²) in [6.45, 7) is 2.57. The highest BCUT2D eigenvalue weighted by molar-refractivity contribution is 5.95. The Balaban J connectivity index is 1.39. The molecule has 2 aliphatic heterocycles. The number of carbonyl (C=O) groups is 3. The minimum Gasteiger partial charge on any atom is -0.356 e. The molecule has 1 N–H and O–H groups in total. The molecule has 3 aliphatic rings. The van der Waals surface area contributed by atoms with Crippen LogP contribution in [-0.4, -0.2) is 58.2 Å². The normalized spacial score (nSPS) is 25.1. The van der Waals surface area contributed by atoms with Crippen molar-refractivity contribution in [1.82, 2.24) is 20.1 Å². The van der Waals surface area contributed by atoms with E-state index < -0.39 is 0 Å². The second kappa shape index (κ2) is 10.6. The number of nitrogens with zero attached hydrogens (tertiary/aromatic N) is 3. The van der Waals surface area contributed by atoms with Crippen molar-refractivity contribution in [2.75, 3.05) is 19.6 Å². The molecule has 35 heavy (non-hydrogen) atoms. The molecule has 1 aromatic heterocycles. The molecule has 3 heterocycles. The summed E-state index contributed by atoms with van der Waals surface area (Å²) >= 11 is 0. The highest BCUT2D eigenvalue weighted by Gasteiger charge is 2.46. The number of carbonyl (C=O) groups excluding carboxylic acids is 3. The van der Waals surface area contributed by atoms with Crippen LogP contribution in [0.5, 0.6) is 0 Å². The molecule has 0 bridgehead atoms. The van der Waals surface area contributed by atoms with Gasteiger partial charge < -0.3 is 15.1 Å². The lowest BCUT2D eigenvalue weighted by molar-refractivity contribution is -0.136. The molecule has 1 saturated carbocycles. The molecular formula is C28H34N4O3. The van der Waals surface area contributed by atoms with Crippen molar-refractivity contribution in [1.29, 1.82) is 0 Å².